The molecule has 0 bridgehead atoms. The molecule has 1 aromatic carbocycles. The maximum Gasteiger partial charge on any atom is 0.220 e. The fourth-order valence-electron chi connectivity index (χ4n) is 3.35. The smallest absolute Gasteiger partial charge is 0.220 e. The number of carbonyl (C=O) groups excluding carboxylic acids is 1. The molecular formula is C19H25FN4O. The second-order valence-corrected chi connectivity index (χ2v) is 6.60. The van der Waals surface area contributed by atoms with Crippen LogP contribution < -0.4 is 10.2 Å². The highest BCUT2D eigenvalue weighted by molar-refractivity contribution is 5.76. The molecule has 1 atom stereocenters. The fourth-order valence-corrected chi connectivity index (χ4v) is 3.35. The highest BCUT2D eigenvalue weighted by Gasteiger charge is 2.21. The minimum atomic E-state index is -0.224. The normalized spacial score (nSPS) is 17.5. The van der Waals surface area contributed by atoms with Gasteiger partial charge in [0.1, 0.15) is 11.6 Å². The van der Waals surface area contributed by atoms with Gasteiger partial charge in [-0.15, -0.1) is 0 Å². The van der Waals surface area contributed by atoms with E-state index in [4.69, 9.17) is 0 Å². The van der Waals surface area contributed by atoms with Gasteiger partial charge < -0.3 is 14.8 Å². The maximum absolute atomic E-state index is 13.4. The first-order valence-corrected chi connectivity index (χ1v) is 8.89. The van der Waals surface area contributed by atoms with Gasteiger partial charge in [0.05, 0.1) is 0 Å². The van der Waals surface area contributed by atoms with Crippen molar-refractivity contribution < 1.29 is 9.18 Å². The van der Waals surface area contributed by atoms with Gasteiger partial charge in [0.25, 0.3) is 0 Å². The number of nitrogens with zero attached hydrogens (tertiary/aromatic N) is 3. The highest BCUT2D eigenvalue weighted by Crippen LogP contribution is 2.20. The molecule has 6 heteroatoms. The van der Waals surface area contributed by atoms with Gasteiger partial charge in [-0.2, -0.15) is 0 Å². The number of rotatable bonds is 6. The average Bonchev–Trinajstić information content (AvgIpc) is 3.00. The van der Waals surface area contributed by atoms with Gasteiger partial charge in [-0.25, -0.2) is 9.37 Å². The predicted octanol–water partition coefficient (Wildman–Crippen LogP) is 2.90. The number of aromatic nitrogens is 2. The number of halogens is 1. The number of piperidine rings is 1. The summed E-state index contributed by atoms with van der Waals surface area (Å²) in [5, 5.41) is 3.13. The zero-order valence-corrected chi connectivity index (χ0v) is 14.6. The van der Waals surface area contributed by atoms with E-state index in [0.717, 1.165) is 50.4 Å². The minimum Gasteiger partial charge on any atom is -0.369 e. The predicted molar refractivity (Wildman–Crippen MR) is 96.0 cm³/mol. The van der Waals surface area contributed by atoms with Gasteiger partial charge >= 0.3 is 0 Å². The number of benzene rings is 1. The number of hydrogen-bond acceptors (Lipinski definition) is 3. The maximum atomic E-state index is 13.4. The van der Waals surface area contributed by atoms with Gasteiger partial charge in [-0.1, -0.05) is 6.07 Å². The minimum absolute atomic E-state index is 0.0869. The molecular weight excluding hydrogens is 319 g/mol. The van der Waals surface area contributed by atoms with Crippen molar-refractivity contribution in [3.63, 3.8) is 0 Å². The summed E-state index contributed by atoms with van der Waals surface area (Å²) in [5.41, 5.74) is 0.884. The van der Waals surface area contributed by atoms with Gasteiger partial charge in [0, 0.05) is 50.2 Å². The second-order valence-electron chi connectivity index (χ2n) is 6.60. The second kappa shape index (κ2) is 8.14. The molecule has 0 radical (unpaired) electrons. The Morgan fingerprint density at radius 2 is 2.32 bits per heavy atom. The van der Waals surface area contributed by atoms with Crippen molar-refractivity contribution in [3.8, 4) is 0 Å². The number of anilines is 1. The van der Waals surface area contributed by atoms with Crippen LogP contribution in [0.15, 0.2) is 36.7 Å². The van der Waals surface area contributed by atoms with Gasteiger partial charge in [0.2, 0.25) is 5.91 Å². The lowest BCUT2D eigenvalue weighted by atomic mass is 10.0. The van der Waals surface area contributed by atoms with E-state index >= 15 is 0 Å². The third kappa shape index (κ3) is 4.81. The van der Waals surface area contributed by atoms with Crippen LogP contribution in [0.3, 0.4) is 0 Å². The third-order valence-electron chi connectivity index (χ3n) is 4.69. The quantitative estimate of drug-likeness (QED) is 0.877. The Bertz CT molecular complexity index is 715. The van der Waals surface area contributed by atoms with Crippen molar-refractivity contribution in [2.75, 3.05) is 18.0 Å². The first-order chi connectivity index (χ1) is 12.1. The summed E-state index contributed by atoms with van der Waals surface area (Å²) in [6, 6.07) is 6.78. The van der Waals surface area contributed by atoms with Crippen molar-refractivity contribution >= 4 is 11.6 Å². The average molecular weight is 344 g/mol. The number of nitrogens with one attached hydrogen (secondary N) is 1. The Hall–Kier alpha value is -2.37. The fraction of sp³-hybridized carbons (Fsp3) is 0.474. The summed E-state index contributed by atoms with van der Waals surface area (Å²) in [4.78, 5) is 18.5. The van der Waals surface area contributed by atoms with Crippen LogP contribution in [0.1, 0.15) is 31.5 Å². The lowest BCUT2D eigenvalue weighted by Crippen LogP contribution is -2.47. The van der Waals surface area contributed by atoms with E-state index in [2.05, 4.69) is 19.8 Å². The molecule has 1 amide bonds. The SMILES string of the molecule is Cc1nccn1CCCC(=O)N[C@H]1CCCN(c2cccc(F)c2)C1. The van der Waals surface area contributed by atoms with Crippen molar-refractivity contribution in [3.05, 3.63) is 48.3 Å². The number of aryl methyl sites for hydroxylation is 2. The van der Waals surface area contributed by atoms with Crippen molar-refractivity contribution in [1.82, 2.24) is 14.9 Å². The third-order valence-corrected chi connectivity index (χ3v) is 4.69. The molecule has 1 aliphatic heterocycles. The van der Waals surface area contributed by atoms with Crippen LogP contribution in [0.4, 0.5) is 10.1 Å². The van der Waals surface area contributed by atoms with Crippen LogP contribution in [-0.4, -0.2) is 34.6 Å². The van der Waals surface area contributed by atoms with E-state index in [1.54, 1.807) is 18.3 Å². The summed E-state index contributed by atoms with van der Waals surface area (Å²) in [7, 11) is 0. The number of imidazole rings is 1. The van der Waals surface area contributed by atoms with Gasteiger partial charge in [0.15, 0.2) is 0 Å². The molecule has 0 spiro atoms. The van der Waals surface area contributed by atoms with E-state index in [1.165, 1.54) is 6.07 Å². The van der Waals surface area contributed by atoms with Crippen LogP contribution in [0.2, 0.25) is 0 Å². The Morgan fingerprint density at radius 1 is 1.44 bits per heavy atom. The van der Waals surface area contributed by atoms with Crippen LogP contribution >= 0.6 is 0 Å². The van der Waals surface area contributed by atoms with Gasteiger partial charge in [-0.05, 0) is 44.4 Å². The lowest BCUT2D eigenvalue weighted by Gasteiger charge is -2.34. The summed E-state index contributed by atoms with van der Waals surface area (Å²) in [5.74, 6) is 0.834. The molecule has 0 saturated carbocycles. The zero-order valence-electron chi connectivity index (χ0n) is 14.6. The first kappa shape index (κ1) is 17.5. The molecule has 0 aliphatic carbocycles. The number of hydrogen-bond donors (Lipinski definition) is 1. The lowest BCUT2D eigenvalue weighted by molar-refractivity contribution is -0.122. The molecule has 1 aromatic heterocycles. The van der Waals surface area contributed by atoms with Crippen LogP contribution in [0, 0.1) is 12.7 Å². The van der Waals surface area contributed by atoms with Crippen LogP contribution in [-0.2, 0) is 11.3 Å². The van der Waals surface area contributed by atoms with E-state index < -0.39 is 0 Å². The molecule has 25 heavy (non-hydrogen) atoms. The van der Waals surface area contributed by atoms with Crippen LogP contribution in [0.25, 0.3) is 0 Å². The summed E-state index contributed by atoms with van der Waals surface area (Å²) in [6.45, 7) is 4.40. The molecule has 1 fully saturated rings. The molecule has 1 N–H and O–H groups in total. The molecule has 5 nitrogen and oxygen atoms in total. The molecule has 1 saturated heterocycles. The van der Waals surface area contributed by atoms with E-state index in [0.29, 0.717) is 6.42 Å². The van der Waals surface area contributed by atoms with E-state index in [9.17, 15) is 9.18 Å². The highest BCUT2D eigenvalue weighted by atomic mass is 19.1. The van der Waals surface area contributed by atoms with Crippen molar-refractivity contribution in [2.24, 2.45) is 0 Å². The molecule has 1 aliphatic rings. The Labute approximate surface area is 147 Å². The Balaban J connectivity index is 1.45. The summed E-state index contributed by atoms with van der Waals surface area (Å²) >= 11 is 0. The molecule has 2 aromatic rings. The monoisotopic (exact) mass is 344 g/mol. The standard InChI is InChI=1S/C19H25FN4O/c1-15-21-9-12-23(15)10-4-8-19(25)22-17-6-3-11-24(14-17)18-7-2-5-16(20)13-18/h2,5,7,9,12-13,17H,3-4,6,8,10-11,14H2,1H3,(H,22,25)/t17-/m0/s1. The zero-order chi connectivity index (χ0) is 17.6. The summed E-state index contributed by atoms with van der Waals surface area (Å²) < 4.78 is 15.5. The van der Waals surface area contributed by atoms with Crippen molar-refractivity contribution in [2.45, 2.75) is 45.2 Å². The Kier molecular flexibility index (Phi) is 5.68. The molecule has 3 rings (SSSR count). The van der Waals surface area contributed by atoms with E-state index in [1.807, 2.05) is 19.2 Å². The van der Waals surface area contributed by atoms with Crippen molar-refractivity contribution in [1.29, 1.82) is 0 Å². The number of carbonyl (C=O) groups is 1. The molecule has 134 valence electrons. The van der Waals surface area contributed by atoms with Gasteiger partial charge in [-0.3, -0.25) is 4.79 Å². The number of amides is 1. The Morgan fingerprint density at radius 3 is 3.08 bits per heavy atom. The van der Waals surface area contributed by atoms with E-state index in [-0.39, 0.29) is 17.8 Å². The van der Waals surface area contributed by atoms with Crippen LogP contribution in [0.5, 0.6) is 0 Å². The summed E-state index contributed by atoms with van der Waals surface area (Å²) in [6.07, 6.45) is 6.98. The first-order valence-electron chi connectivity index (χ1n) is 8.89. The topological polar surface area (TPSA) is 50.2 Å². The molecule has 2 heterocycles. The largest absolute Gasteiger partial charge is 0.369 e. The molecule has 0 unspecified atom stereocenters.